The molecule has 2 aromatic rings. The highest BCUT2D eigenvalue weighted by Crippen LogP contribution is 2.29. The first-order chi connectivity index (χ1) is 10.5. The van der Waals surface area contributed by atoms with E-state index >= 15 is 0 Å². The van der Waals surface area contributed by atoms with Crippen molar-refractivity contribution in [3.63, 3.8) is 0 Å². The Hall–Kier alpha value is -1.86. The number of halogens is 3. The van der Waals surface area contributed by atoms with Gasteiger partial charge in [-0.1, -0.05) is 33.1 Å². The van der Waals surface area contributed by atoms with Crippen molar-refractivity contribution >= 4 is 11.6 Å². The van der Waals surface area contributed by atoms with Crippen LogP contribution in [0, 0.1) is 5.92 Å². The van der Waals surface area contributed by atoms with Gasteiger partial charge in [-0.3, -0.25) is 0 Å². The molecule has 0 saturated heterocycles. The minimum atomic E-state index is -4.50. The molecule has 22 heavy (non-hydrogen) atoms. The van der Waals surface area contributed by atoms with Gasteiger partial charge in [0.1, 0.15) is 12.1 Å². The lowest BCUT2D eigenvalue weighted by Gasteiger charge is -2.17. The van der Waals surface area contributed by atoms with Crippen LogP contribution in [0.5, 0.6) is 0 Å². The number of hydrogen-bond donors (Lipinski definition) is 1. The largest absolute Gasteiger partial charge is 0.433 e. The number of aromatic nitrogens is 4. The average molecular weight is 315 g/mol. The van der Waals surface area contributed by atoms with E-state index in [0.29, 0.717) is 12.5 Å². The van der Waals surface area contributed by atoms with Crippen LogP contribution in [-0.2, 0) is 6.18 Å². The number of alkyl halides is 3. The van der Waals surface area contributed by atoms with E-state index in [1.807, 2.05) is 0 Å². The molecule has 1 N–H and O–H groups in total. The average Bonchev–Trinajstić information content (AvgIpc) is 2.94. The maximum atomic E-state index is 12.9. The number of nitrogens with one attached hydrogen (secondary N) is 1. The lowest BCUT2D eigenvalue weighted by Crippen LogP contribution is -2.18. The van der Waals surface area contributed by atoms with Crippen LogP contribution in [0.4, 0.5) is 19.0 Å². The van der Waals surface area contributed by atoms with Gasteiger partial charge >= 0.3 is 6.18 Å². The van der Waals surface area contributed by atoms with Crippen LogP contribution < -0.4 is 5.32 Å². The quantitative estimate of drug-likeness (QED) is 0.845. The van der Waals surface area contributed by atoms with Crippen LogP contribution in [0.2, 0.25) is 0 Å². The molecule has 0 aromatic carbocycles. The van der Waals surface area contributed by atoms with Gasteiger partial charge in [-0.25, -0.2) is 4.98 Å². The molecule has 8 heteroatoms. The number of fused-ring (bicyclic) bond motifs is 1. The molecule has 1 unspecified atom stereocenters. The Balaban J connectivity index is 2.20. The summed E-state index contributed by atoms with van der Waals surface area (Å²) in [6, 6.07) is 0.980. The predicted molar refractivity (Wildman–Crippen MR) is 77.6 cm³/mol. The second-order valence-electron chi connectivity index (χ2n) is 5.29. The molecule has 5 nitrogen and oxygen atoms in total. The van der Waals surface area contributed by atoms with Gasteiger partial charge in [0.15, 0.2) is 5.69 Å². The predicted octanol–water partition coefficient (Wildman–Crippen LogP) is 3.77. The summed E-state index contributed by atoms with van der Waals surface area (Å²) in [5.74, 6) is 0.629. The summed E-state index contributed by atoms with van der Waals surface area (Å²) >= 11 is 0. The summed E-state index contributed by atoms with van der Waals surface area (Å²) in [5.41, 5.74) is -0.961. The number of rotatable bonds is 7. The van der Waals surface area contributed by atoms with Crippen LogP contribution in [0.25, 0.3) is 5.78 Å². The zero-order valence-electron chi connectivity index (χ0n) is 12.7. The Kier molecular flexibility index (Phi) is 5.20. The third-order valence-corrected chi connectivity index (χ3v) is 3.66. The Labute approximate surface area is 127 Å². The third-order valence-electron chi connectivity index (χ3n) is 3.66. The highest BCUT2D eigenvalue weighted by Gasteiger charge is 2.34. The van der Waals surface area contributed by atoms with Crippen molar-refractivity contribution in [3.05, 3.63) is 18.1 Å². The second kappa shape index (κ2) is 6.93. The van der Waals surface area contributed by atoms with Gasteiger partial charge in [0.25, 0.3) is 5.78 Å². The van der Waals surface area contributed by atoms with Crippen LogP contribution in [0.1, 0.15) is 45.2 Å². The molecule has 0 spiro atoms. The Morgan fingerprint density at radius 2 is 2.09 bits per heavy atom. The fraction of sp³-hybridized carbons (Fsp3) is 0.643. The summed E-state index contributed by atoms with van der Waals surface area (Å²) in [4.78, 5) is 7.24. The second-order valence-corrected chi connectivity index (χ2v) is 5.29. The van der Waals surface area contributed by atoms with Crippen molar-refractivity contribution in [3.8, 4) is 0 Å². The van der Waals surface area contributed by atoms with Crippen molar-refractivity contribution in [1.29, 1.82) is 0 Å². The normalized spacial score (nSPS) is 13.5. The Bertz CT molecular complexity index is 608. The molecular formula is C14H20F3N5. The summed E-state index contributed by atoms with van der Waals surface area (Å²) < 4.78 is 40.0. The maximum Gasteiger partial charge on any atom is 0.433 e. The van der Waals surface area contributed by atoms with Crippen LogP contribution in [-0.4, -0.2) is 26.1 Å². The van der Waals surface area contributed by atoms with Gasteiger partial charge in [0.2, 0.25) is 0 Å². The first-order valence-electron chi connectivity index (χ1n) is 7.47. The topological polar surface area (TPSA) is 55.1 Å². The Morgan fingerprint density at radius 3 is 2.73 bits per heavy atom. The van der Waals surface area contributed by atoms with E-state index in [-0.39, 0.29) is 11.6 Å². The van der Waals surface area contributed by atoms with E-state index in [4.69, 9.17) is 0 Å². The van der Waals surface area contributed by atoms with Crippen molar-refractivity contribution < 1.29 is 13.2 Å². The van der Waals surface area contributed by atoms with Gasteiger partial charge in [0.05, 0.1) is 0 Å². The van der Waals surface area contributed by atoms with Crippen molar-refractivity contribution in [2.75, 3.05) is 11.9 Å². The zero-order valence-corrected chi connectivity index (χ0v) is 12.7. The fourth-order valence-electron chi connectivity index (χ4n) is 2.28. The summed E-state index contributed by atoms with van der Waals surface area (Å²) in [6.45, 7) is 4.81. The monoisotopic (exact) mass is 315 g/mol. The molecule has 122 valence electrons. The molecule has 2 aromatic heterocycles. The molecule has 0 aliphatic carbocycles. The lowest BCUT2D eigenvalue weighted by molar-refractivity contribution is -0.141. The minimum absolute atomic E-state index is 0.0565. The van der Waals surface area contributed by atoms with Crippen molar-refractivity contribution in [1.82, 2.24) is 19.6 Å². The minimum Gasteiger partial charge on any atom is -0.370 e. The van der Waals surface area contributed by atoms with Gasteiger partial charge in [-0.2, -0.15) is 27.8 Å². The number of anilines is 1. The molecule has 0 amide bonds. The summed E-state index contributed by atoms with van der Waals surface area (Å²) in [6.07, 6.45) is 0.946. The first kappa shape index (κ1) is 16.5. The van der Waals surface area contributed by atoms with Crippen molar-refractivity contribution in [2.45, 2.75) is 45.7 Å². The number of hydrogen-bond acceptors (Lipinski definition) is 4. The third kappa shape index (κ3) is 3.86. The molecule has 0 aliphatic rings. The standard InChI is InChI=1S/C14H20F3N5/c1-3-5-6-10(4-2)8-18-12-7-11(14(15,16)17)21-13-19-9-20-22(12)13/h7,9-10,18H,3-6,8H2,1-2H3. The fourth-order valence-corrected chi connectivity index (χ4v) is 2.28. The van der Waals surface area contributed by atoms with Crippen LogP contribution in [0.15, 0.2) is 12.4 Å². The lowest BCUT2D eigenvalue weighted by atomic mass is 9.99. The molecule has 0 bridgehead atoms. The highest BCUT2D eigenvalue weighted by molar-refractivity contribution is 5.45. The molecule has 0 aliphatic heterocycles. The maximum absolute atomic E-state index is 12.9. The Morgan fingerprint density at radius 1 is 1.32 bits per heavy atom. The van der Waals surface area contributed by atoms with E-state index in [1.54, 1.807) is 0 Å². The number of unbranched alkanes of at least 4 members (excludes halogenated alkanes) is 1. The molecular weight excluding hydrogens is 295 g/mol. The van der Waals surface area contributed by atoms with Crippen LogP contribution in [0.3, 0.4) is 0 Å². The van der Waals surface area contributed by atoms with E-state index in [0.717, 1.165) is 31.7 Å². The molecule has 0 saturated carbocycles. The van der Waals surface area contributed by atoms with E-state index < -0.39 is 11.9 Å². The van der Waals surface area contributed by atoms with E-state index in [9.17, 15) is 13.2 Å². The molecule has 2 rings (SSSR count). The summed E-state index contributed by atoms with van der Waals surface area (Å²) in [7, 11) is 0. The van der Waals surface area contributed by atoms with E-state index in [1.165, 1.54) is 10.8 Å². The molecule has 0 radical (unpaired) electrons. The first-order valence-corrected chi connectivity index (χ1v) is 7.47. The smallest absolute Gasteiger partial charge is 0.370 e. The molecule has 1 atom stereocenters. The number of nitrogens with zero attached hydrogens (tertiary/aromatic N) is 4. The zero-order chi connectivity index (χ0) is 16.2. The van der Waals surface area contributed by atoms with Crippen molar-refractivity contribution in [2.24, 2.45) is 5.92 Å². The van der Waals surface area contributed by atoms with Gasteiger partial charge in [-0.05, 0) is 12.3 Å². The summed E-state index contributed by atoms with van der Waals surface area (Å²) in [5, 5.41) is 6.99. The van der Waals surface area contributed by atoms with Gasteiger partial charge < -0.3 is 5.32 Å². The van der Waals surface area contributed by atoms with Gasteiger partial charge in [0, 0.05) is 12.6 Å². The highest BCUT2D eigenvalue weighted by atomic mass is 19.4. The SMILES string of the molecule is CCCCC(CC)CNc1cc(C(F)(F)F)nc2ncnn12. The molecule has 2 heterocycles. The molecule has 0 fully saturated rings. The van der Waals surface area contributed by atoms with Gasteiger partial charge in [-0.15, -0.1) is 0 Å². The van der Waals surface area contributed by atoms with E-state index in [2.05, 4.69) is 34.2 Å². The van der Waals surface area contributed by atoms with Crippen LogP contribution >= 0.6 is 0 Å².